The molecule has 1 atom stereocenters. The molecule has 0 aromatic carbocycles. The fourth-order valence-electron chi connectivity index (χ4n) is 2.02. The van der Waals surface area contributed by atoms with E-state index in [0.29, 0.717) is 5.78 Å². The minimum atomic E-state index is 0.125. The number of hydrogen-bond acceptors (Lipinski definition) is 2. The lowest BCUT2D eigenvalue weighted by atomic mass is 10.0. The van der Waals surface area contributed by atoms with Gasteiger partial charge in [-0.1, -0.05) is 0 Å². The minimum Gasteiger partial charge on any atom is -0.298 e. The third-order valence-electron chi connectivity index (χ3n) is 2.60. The summed E-state index contributed by atoms with van der Waals surface area (Å²) in [5.41, 5.74) is 0. The van der Waals surface area contributed by atoms with Crippen LogP contribution in [0.3, 0.4) is 0 Å². The number of carbonyl (C=O) groups is 1. The van der Waals surface area contributed by atoms with Gasteiger partial charge in [-0.2, -0.15) is 0 Å². The molecule has 0 aromatic rings. The number of carbonyl (C=O) groups excluding carboxylic acids is 1. The van der Waals surface area contributed by atoms with Crippen LogP contribution in [0.5, 0.6) is 0 Å². The first-order valence-electron chi connectivity index (χ1n) is 4.01. The number of rotatable bonds is 0. The van der Waals surface area contributed by atoms with Crippen molar-refractivity contribution in [3.05, 3.63) is 0 Å². The normalized spacial score (nSPS) is 39.8. The first-order valence-corrected chi connectivity index (χ1v) is 4.99. The van der Waals surface area contributed by atoms with Gasteiger partial charge in [0, 0.05) is 6.42 Å². The molecule has 0 N–H and O–H groups in total. The summed E-state index contributed by atoms with van der Waals surface area (Å²) in [6.45, 7) is 0. The van der Waals surface area contributed by atoms with Crippen molar-refractivity contribution in [2.24, 2.45) is 0 Å². The lowest BCUT2D eigenvalue weighted by molar-refractivity contribution is -0.119. The van der Waals surface area contributed by atoms with Gasteiger partial charge in [-0.3, -0.25) is 4.79 Å². The van der Waals surface area contributed by atoms with Crippen LogP contribution in [-0.2, 0) is 4.79 Å². The molecule has 10 heavy (non-hydrogen) atoms. The number of thioether (sulfide) groups is 1. The molecule has 1 saturated carbocycles. The molecule has 1 nitrogen and oxygen atoms in total. The van der Waals surface area contributed by atoms with Gasteiger partial charge in [0.25, 0.3) is 0 Å². The van der Waals surface area contributed by atoms with Gasteiger partial charge in [0.05, 0.1) is 4.75 Å². The second kappa shape index (κ2) is 2.26. The zero-order chi connectivity index (χ0) is 7.03. The van der Waals surface area contributed by atoms with E-state index in [-0.39, 0.29) is 4.75 Å². The molecule has 1 spiro atoms. The summed E-state index contributed by atoms with van der Waals surface area (Å²) in [5.74, 6) is 1.75. The summed E-state index contributed by atoms with van der Waals surface area (Å²) in [7, 11) is 0. The molecular weight excluding hydrogens is 144 g/mol. The molecule has 1 aliphatic carbocycles. The Morgan fingerprint density at radius 1 is 1.30 bits per heavy atom. The summed E-state index contributed by atoms with van der Waals surface area (Å²) >= 11 is 1.91. The Bertz CT molecular complexity index is 153. The SMILES string of the molecule is O=C1CCC[C@@]12CCCS2. The molecule has 1 saturated heterocycles. The highest BCUT2D eigenvalue weighted by atomic mass is 32.2. The van der Waals surface area contributed by atoms with Gasteiger partial charge in [-0.25, -0.2) is 0 Å². The Balaban J connectivity index is 2.19. The maximum absolute atomic E-state index is 11.4. The van der Waals surface area contributed by atoms with Gasteiger partial charge in [-0.05, 0) is 31.4 Å². The Hall–Kier alpha value is 0.0200. The summed E-state index contributed by atoms with van der Waals surface area (Å²) < 4.78 is 0.125. The lowest BCUT2D eigenvalue weighted by Gasteiger charge is -2.18. The van der Waals surface area contributed by atoms with Crippen molar-refractivity contribution in [1.29, 1.82) is 0 Å². The molecule has 0 bridgehead atoms. The van der Waals surface area contributed by atoms with E-state index < -0.39 is 0 Å². The van der Waals surface area contributed by atoms with E-state index in [4.69, 9.17) is 0 Å². The van der Waals surface area contributed by atoms with Crippen molar-refractivity contribution in [1.82, 2.24) is 0 Å². The van der Waals surface area contributed by atoms with Crippen molar-refractivity contribution < 1.29 is 4.79 Å². The average molecular weight is 156 g/mol. The Morgan fingerprint density at radius 3 is 2.60 bits per heavy atom. The predicted molar refractivity (Wildman–Crippen MR) is 43.3 cm³/mol. The molecule has 56 valence electrons. The zero-order valence-corrected chi connectivity index (χ0v) is 6.88. The first-order chi connectivity index (χ1) is 4.83. The molecule has 0 radical (unpaired) electrons. The molecule has 0 unspecified atom stereocenters. The summed E-state index contributed by atoms with van der Waals surface area (Å²) in [6.07, 6.45) is 5.59. The smallest absolute Gasteiger partial charge is 0.148 e. The molecule has 0 aromatic heterocycles. The fourth-order valence-corrected chi connectivity index (χ4v) is 3.54. The van der Waals surface area contributed by atoms with E-state index in [0.717, 1.165) is 25.7 Å². The number of ketones is 1. The molecule has 2 fully saturated rings. The first kappa shape index (κ1) is 6.71. The summed E-state index contributed by atoms with van der Waals surface area (Å²) in [6, 6.07) is 0. The Labute approximate surface area is 65.6 Å². The van der Waals surface area contributed by atoms with Crippen LogP contribution < -0.4 is 0 Å². The highest BCUT2D eigenvalue weighted by Crippen LogP contribution is 2.47. The Morgan fingerprint density at radius 2 is 2.10 bits per heavy atom. The number of Topliss-reactive ketones (excluding diaryl/α,β-unsaturated/α-hetero) is 1. The van der Waals surface area contributed by atoms with Crippen molar-refractivity contribution in [2.45, 2.75) is 36.9 Å². The van der Waals surface area contributed by atoms with Crippen LogP contribution in [-0.4, -0.2) is 16.3 Å². The van der Waals surface area contributed by atoms with Gasteiger partial charge in [0.1, 0.15) is 5.78 Å². The van der Waals surface area contributed by atoms with Crippen LogP contribution in [0.25, 0.3) is 0 Å². The van der Waals surface area contributed by atoms with E-state index >= 15 is 0 Å². The summed E-state index contributed by atoms with van der Waals surface area (Å²) in [4.78, 5) is 11.4. The molecule has 1 heterocycles. The molecule has 0 amide bonds. The van der Waals surface area contributed by atoms with Crippen LogP contribution in [0, 0.1) is 0 Å². The Kier molecular flexibility index (Phi) is 1.52. The van der Waals surface area contributed by atoms with E-state index in [1.165, 1.54) is 12.2 Å². The monoisotopic (exact) mass is 156 g/mol. The van der Waals surface area contributed by atoms with Crippen LogP contribution >= 0.6 is 11.8 Å². The van der Waals surface area contributed by atoms with Crippen molar-refractivity contribution in [2.75, 3.05) is 5.75 Å². The molecule has 2 rings (SSSR count). The summed E-state index contributed by atoms with van der Waals surface area (Å²) in [5, 5.41) is 0. The maximum Gasteiger partial charge on any atom is 0.148 e. The molecule has 2 heteroatoms. The lowest BCUT2D eigenvalue weighted by Crippen LogP contribution is -2.25. The van der Waals surface area contributed by atoms with E-state index in [1.807, 2.05) is 11.8 Å². The van der Waals surface area contributed by atoms with Gasteiger partial charge < -0.3 is 0 Å². The van der Waals surface area contributed by atoms with Crippen LogP contribution in [0.4, 0.5) is 0 Å². The molecule has 1 aliphatic heterocycles. The topological polar surface area (TPSA) is 17.1 Å². The second-order valence-corrected chi connectivity index (χ2v) is 4.70. The zero-order valence-electron chi connectivity index (χ0n) is 6.06. The minimum absolute atomic E-state index is 0.125. The van der Waals surface area contributed by atoms with Gasteiger partial charge in [0.15, 0.2) is 0 Å². The van der Waals surface area contributed by atoms with Gasteiger partial charge >= 0.3 is 0 Å². The van der Waals surface area contributed by atoms with E-state index in [1.54, 1.807) is 0 Å². The third kappa shape index (κ3) is 0.815. The quantitative estimate of drug-likeness (QED) is 0.533. The third-order valence-corrected chi connectivity index (χ3v) is 4.28. The van der Waals surface area contributed by atoms with Crippen LogP contribution in [0.2, 0.25) is 0 Å². The van der Waals surface area contributed by atoms with Crippen LogP contribution in [0.1, 0.15) is 32.1 Å². The average Bonchev–Trinajstić information content (AvgIpc) is 2.48. The highest BCUT2D eigenvalue weighted by molar-refractivity contribution is 8.01. The fraction of sp³-hybridized carbons (Fsp3) is 0.875. The van der Waals surface area contributed by atoms with Gasteiger partial charge in [0.2, 0.25) is 0 Å². The maximum atomic E-state index is 11.4. The van der Waals surface area contributed by atoms with Crippen molar-refractivity contribution in [3.8, 4) is 0 Å². The molecular formula is C8H12OS. The predicted octanol–water partition coefficient (Wildman–Crippen LogP) is 2.01. The largest absolute Gasteiger partial charge is 0.298 e. The van der Waals surface area contributed by atoms with Crippen LogP contribution in [0.15, 0.2) is 0 Å². The van der Waals surface area contributed by atoms with Crippen molar-refractivity contribution in [3.63, 3.8) is 0 Å². The molecule has 2 aliphatic rings. The van der Waals surface area contributed by atoms with E-state index in [2.05, 4.69) is 0 Å². The highest BCUT2D eigenvalue weighted by Gasteiger charge is 2.44. The number of hydrogen-bond donors (Lipinski definition) is 0. The second-order valence-electron chi connectivity index (χ2n) is 3.22. The van der Waals surface area contributed by atoms with Crippen molar-refractivity contribution >= 4 is 17.5 Å². The van der Waals surface area contributed by atoms with E-state index in [9.17, 15) is 4.79 Å². The van der Waals surface area contributed by atoms with Gasteiger partial charge in [-0.15, -0.1) is 11.8 Å². The standard InChI is InChI=1S/C8H12OS/c9-7-3-1-4-8(7)5-2-6-10-8/h1-6H2/t8-/m1/s1.